The number of rotatable bonds is 6. The second-order valence-electron chi connectivity index (χ2n) is 8.60. The molecule has 0 saturated heterocycles. The van der Waals surface area contributed by atoms with Crippen LogP contribution in [0.5, 0.6) is 0 Å². The van der Waals surface area contributed by atoms with E-state index < -0.39 is 15.9 Å². The smallest absolute Gasteiger partial charge is 0.266 e. The lowest BCUT2D eigenvalue weighted by Gasteiger charge is -2.20. The number of sulfonamides is 1. The summed E-state index contributed by atoms with van der Waals surface area (Å²) in [5, 5.41) is 3.77. The summed E-state index contributed by atoms with van der Waals surface area (Å²) in [6.07, 6.45) is 0.927. The molecule has 4 rings (SSSR count). The van der Waals surface area contributed by atoms with Gasteiger partial charge >= 0.3 is 0 Å². The van der Waals surface area contributed by atoms with E-state index in [1.807, 2.05) is 61.0 Å². The number of hydrogen-bond donors (Lipinski definition) is 2. The maximum Gasteiger partial charge on any atom is 0.266 e. The predicted molar refractivity (Wildman–Crippen MR) is 138 cm³/mol. The first-order valence-electron chi connectivity index (χ1n) is 11.1. The van der Waals surface area contributed by atoms with E-state index >= 15 is 0 Å². The van der Waals surface area contributed by atoms with Crippen molar-refractivity contribution in [3.63, 3.8) is 0 Å². The number of hydrogen-bond acceptors (Lipinski definition) is 6. The fraction of sp³-hybridized carbons (Fsp3) is 0.185. The summed E-state index contributed by atoms with van der Waals surface area (Å²) in [6, 6.07) is 19.5. The van der Waals surface area contributed by atoms with E-state index in [0.717, 1.165) is 22.9 Å². The molecule has 1 amide bonds. The first-order valence-corrected chi connectivity index (χ1v) is 13.0. The molecule has 1 heterocycles. The van der Waals surface area contributed by atoms with Crippen molar-refractivity contribution >= 4 is 32.6 Å². The van der Waals surface area contributed by atoms with Crippen LogP contribution in [-0.2, 0) is 10.0 Å². The Balaban J connectivity index is 1.82. The molecule has 7 nitrogen and oxygen atoms in total. The lowest BCUT2D eigenvalue weighted by molar-refractivity contribution is 0.0982. The highest BCUT2D eigenvalue weighted by atomic mass is 32.2. The molecule has 0 spiro atoms. The van der Waals surface area contributed by atoms with Crippen LogP contribution >= 0.6 is 0 Å². The summed E-state index contributed by atoms with van der Waals surface area (Å²) in [5.41, 5.74) is 3.97. The van der Waals surface area contributed by atoms with Gasteiger partial charge in [0, 0.05) is 22.4 Å². The minimum Gasteiger partial charge on any atom is -0.455 e. The molecule has 4 aromatic rings. The molecule has 8 heteroatoms. The Hall–Kier alpha value is -3.91. The largest absolute Gasteiger partial charge is 0.455 e. The number of aryl methyl sites for hydroxylation is 1. The van der Waals surface area contributed by atoms with Crippen LogP contribution < -0.4 is 15.5 Å². The summed E-state index contributed by atoms with van der Waals surface area (Å²) in [6.45, 7) is 5.55. The van der Waals surface area contributed by atoms with Crippen molar-refractivity contribution in [3.05, 3.63) is 99.2 Å². The summed E-state index contributed by atoms with van der Waals surface area (Å²) < 4.78 is 31.5. The van der Waals surface area contributed by atoms with Crippen molar-refractivity contribution in [2.45, 2.75) is 26.8 Å². The second kappa shape index (κ2) is 9.38. The van der Waals surface area contributed by atoms with Crippen molar-refractivity contribution < 1.29 is 17.6 Å². The Kier molecular flexibility index (Phi) is 6.49. The number of nitrogens with one attached hydrogen (secondary N) is 2. The monoisotopic (exact) mass is 490 g/mol. The number of amides is 1. The summed E-state index contributed by atoms with van der Waals surface area (Å²) in [7, 11) is -3.72. The zero-order valence-electron chi connectivity index (χ0n) is 19.9. The number of benzene rings is 3. The molecule has 180 valence electrons. The molecule has 0 radical (unpaired) electrons. The molecule has 0 aliphatic carbocycles. The fourth-order valence-corrected chi connectivity index (χ4v) is 4.54. The molecule has 0 aliphatic heterocycles. The van der Waals surface area contributed by atoms with Gasteiger partial charge < -0.3 is 9.73 Å². The van der Waals surface area contributed by atoms with Crippen LogP contribution in [-0.4, -0.2) is 20.6 Å². The van der Waals surface area contributed by atoms with Crippen molar-refractivity contribution in [2.75, 3.05) is 11.6 Å². The molecule has 0 fully saturated rings. The Morgan fingerprint density at radius 3 is 2.31 bits per heavy atom. The Morgan fingerprint density at radius 2 is 1.63 bits per heavy atom. The zero-order valence-corrected chi connectivity index (χ0v) is 20.7. The van der Waals surface area contributed by atoms with Gasteiger partial charge in [-0.05, 0) is 44.5 Å². The maximum atomic E-state index is 13.3. The Morgan fingerprint density at radius 1 is 0.971 bits per heavy atom. The third-order valence-electron chi connectivity index (χ3n) is 5.72. The van der Waals surface area contributed by atoms with Gasteiger partial charge in [0.2, 0.25) is 10.0 Å². The van der Waals surface area contributed by atoms with Gasteiger partial charge in [0.05, 0.1) is 23.2 Å². The first-order chi connectivity index (χ1) is 16.5. The summed E-state index contributed by atoms with van der Waals surface area (Å²) in [5.74, 6) is -0.223. The second-order valence-corrected chi connectivity index (χ2v) is 10.3. The minimum atomic E-state index is -3.72. The van der Waals surface area contributed by atoms with Gasteiger partial charge in [0.15, 0.2) is 5.43 Å². The molecule has 0 saturated carbocycles. The number of fused-ring (bicyclic) bond motifs is 1. The van der Waals surface area contributed by atoms with Gasteiger partial charge in [-0.3, -0.25) is 9.59 Å². The topological polar surface area (TPSA) is 105 Å². The van der Waals surface area contributed by atoms with Gasteiger partial charge in [0.25, 0.3) is 5.91 Å². The van der Waals surface area contributed by atoms with Crippen LogP contribution in [0.15, 0.2) is 75.9 Å². The summed E-state index contributed by atoms with van der Waals surface area (Å²) in [4.78, 5) is 25.9. The molecule has 1 atom stereocenters. The SMILES string of the molecule is Cc1cc(C(C)Nc2ccccc2C(=O)NS(C)(=O)=O)c2oc(-c3ccccc3)c(C)c(=O)c2c1. The molecule has 0 bridgehead atoms. The lowest BCUT2D eigenvalue weighted by Crippen LogP contribution is -2.30. The van der Waals surface area contributed by atoms with Crippen LogP contribution in [0.25, 0.3) is 22.3 Å². The Bertz CT molecular complexity index is 1590. The van der Waals surface area contributed by atoms with Gasteiger partial charge in [-0.15, -0.1) is 0 Å². The molecule has 2 N–H and O–H groups in total. The molecule has 3 aromatic carbocycles. The highest BCUT2D eigenvalue weighted by Gasteiger charge is 2.21. The lowest BCUT2D eigenvalue weighted by atomic mass is 9.98. The molecule has 1 aromatic heterocycles. The molecular formula is C27H26N2O5S. The first kappa shape index (κ1) is 24.2. The highest BCUT2D eigenvalue weighted by molar-refractivity contribution is 7.89. The van der Waals surface area contributed by atoms with Gasteiger partial charge in [0.1, 0.15) is 11.3 Å². The maximum absolute atomic E-state index is 13.3. The quantitative estimate of drug-likeness (QED) is 0.397. The van der Waals surface area contributed by atoms with Crippen molar-refractivity contribution in [1.82, 2.24) is 4.72 Å². The van der Waals surface area contributed by atoms with E-state index in [1.54, 1.807) is 31.2 Å². The van der Waals surface area contributed by atoms with Crippen molar-refractivity contribution in [1.29, 1.82) is 0 Å². The highest BCUT2D eigenvalue weighted by Crippen LogP contribution is 2.32. The number of anilines is 1. The average molecular weight is 491 g/mol. The van der Waals surface area contributed by atoms with Crippen molar-refractivity contribution in [3.8, 4) is 11.3 Å². The molecule has 0 aliphatic rings. The van der Waals surface area contributed by atoms with Gasteiger partial charge in [-0.25, -0.2) is 13.1 Å². The predicted octanol–water partition coefficient (Wildman–Crippen LogP) is 4.94. The van der Waals surface area contributed by atoms with E-state index in [2.05, 4.69) is 5.32 Å². The molecule has 1 unspecified atom stereocenters. The van der Waals surface area contributed by atoms with E-state index in [9.17, 15) is 18.0 Å². The third-order valence-corrected chi connectivity index (χ3v) is 6.27. The molecular weight excluding hydrogens is 464 g/mol. The zero-order chi connectivity index (χ0) is 25.3. The van der Waals surface area contributed by atoms with E-state index in [-0.39, 0.29) is 17.0 Å². The fourth-order valence-electron chi connectivity index (χ4n) is 4.10. The van der Waals surface area contributed by atoms with E-state index in [1.165, 1.54) is 0 Å². The number of para-hydroxylation sites is 1. The minimum absolute atomic E-state index is 0.102. The Labute approximate surface area is 203 Å². The normalized spacial score (nSPS) is 12.3. The van der Waals surface area contributed by atoms with Crippen LogP contribution in [0.3, 0.4) is 0 Å². The van der Waals surface area contributed by atoms with Gasteiger partial charge in [-0.2, -0.15) is 0 Å². The van der Waals surface area contributed by atoms with Crippen LogP contribution in [0, 0.1) is 13.8 Å². The third kappa shape index (κ3) is 5.12. The van der Waals surface area contributed by atoms with Crippen molar-refractivity contribution in [2.24, 2.45) is 0 Å². The molecule has 35 heavy (non-hydrogen) atoms. The number of carbonyl (C=O) groups excluding carboxylic acids is 1. The van der Waals surface area contributed by atoms with Crippen LogP contribution in [0.4, 0.5) is 5.69 Å². The van der Waals surface area contributed by atoms with E-state index in [0.29, 0.717) is 28.0 Å². The van der Waals surface area contributed by atoms with Crippen LogP contribution in [0.2, 0.25) is 0 Å². The van der Waals surface area contributed by atoms with E-state index in [4.69, 9.17) is 4.42 Å². The standard InChI is InChI=1S/C27H26N2O5S/c1-16-14-21(18(3)28-23-13-9-8-12-20(23)27(31)29-35(4,32)33)26-22(15-16)24(30)17(2)25(34-26)19-10-6-5-7-11-19/h5-15,18,28H,1-4H3,(H,29,31). The average Bonchev–Trinajstić information content (AvgIpc) is 2.81. The van der Waals surface area contributed by atoms with Gasteiger partial charge in [-0.1, -0.05) is 48.5 Å². The van der Waals surface area contributed by atoms with Crippen LogP contribution in [0.1, 0.15) is 40.0 Å². The number of carbonyl (C=O) groups is 1. The summed E-state index contributed by atoms with van der Waals surface area (Å²) >= 11 is 0.